The molecule has 0 saturated carbocycles. The molecule has 1 fully saturated rings. The van der Waals surface area contributed by atoms with Gasteiger partial charge < -0.3 is 10.6 Å². The van der Waals surface area contributed by atoms with Gasteiger partial charge in [0.15, 0.2) is 0 Å². The number of benzene rings is 2. The number of carbonyl (C=O) groups excluding carboxylic acids is 3. The van der Waals surface area contributed by atoms with Crippen molar-refractivity contribution in [1.29, 1.82) is 0 Å². The zero-order valence-corrected chi connectivity index (χ0v) is 16.8. The first-order valence-corrected chi connectivity index (χ1v) is 9.41. The molecule has 0 aromatic heterocycles. The molecular weight excluding hydrogens is 378 g/mol. The Morgan fingerprint density at radius 1 is 1.14 bits per heavy atom. The number of rotatable bonds is 5. The minimum atomic E-state index is -1.22. The van der Waals surface area contributed by atoms with Crippen molar-refractivity contribution in [3.05, 3.63) is 64.2 Å². The zero-order valence-electron chi connectivity index (χ0n) is 16.0. The van der Waals surface area contributed by atoms with Crippen molar-refractivity contribution < 1.29 is 14.4 Å². The van der Waals surface area contributed by atoms with Crippen molar-refractivity contribution >= 4 is 35.1 Å². The van der Waals surface area contributed by atoms with E-state index < -0.39 is 23.4 Å². The van der Waals surface area contributed by atoms with Gasteiger partial charge in [0, 0.05) is 10.7 Å². The van der Waals surface area contributed by atoms with Crippen LogP contribution in [0.15, 0.2) is 42.5 Å². The summed E-state index contributed by atoms with van der Waals surface area (Å²) >= 11 is 6.06. The molecule has 1 aliphatic rings. The summed E-state index contributed by atoms with van der Waals surface area (Å²) in [5.74, 6) is -0.899. The third-order valence-corrected chi connectivity index (χ3v) is 5.07. The Morgan fingerprint density at radius 2 is 1.82 bits per heavy atom. The number of amides is 4. The Balaban J connectivity index is 1.80. The van der Waals surface area contributed by atoms with Crippen LogP contribution >= 0.6 is 11.6 Å². The zero-order chi connectivity index (χ0) is 20.5. The smallest absolute Gasteiger partial charge is 0.325 e. The molecule has 1 aliphatic heterocycles. The van der Waals surface area contributed by atoms with E-state index in [0.29, 0.717) is 22.7 Å². The van der Waals surface area contributed by atoms with Crippen LogP contribution in [-0.4, -0.2) is 29.3 Å². The average Bonchev–Trinajstić information content (AvgIpc) is 2.86. The summed E-state index contributed by atoms with van der Waals surface area (Å²) in [4.78, 5) is 39.0. The number of nitrogens with one attached hydrogen (secondary N) is 2. The van der Waals surface area contributed by atoms with Gasteiger partial charge in [0.1, 0.15) is 12.1 Å². The van der Waals surface area contributed by atoms with Gasteiger partial charge in [-0.15, -0.1) is 0 Å². The first-order valence-electron chi connectivity index (χ1n) is 9.03. The van der Waals surface area contributed by atoms with Gasteiger partial charge in [-0.2, -0.15) is 0 Å². The summed E-state index contributed by atoms with van der Waals surface area (Å²) < 4.78 is 0. The van der Waals surface area contributed by atoms with Crippen LogP contribution in [-0.2, 0) is 15.1 Å². The van der Waals surface area contributed by atoms with Crippen LogP contribution in [0.25, 0.3) is 0 Å². The van der Waals surface area contributed by atoms with E-state index in [9.17, 15) is 14.4 Å². The number of nitrogens with zero attached hydrogens (tertiary/aromatic N) is 1. The van der Waals surface area contributed by atoms with Gasteiger partial charge in [-0.3, -0.25) is 14.5 Å². The molecule has 0 bridgehead atoms. The van der Waals surface area contributed by atoms with Crippen LogP contribution in [0.5, 0.6) is 0 Å². The predicted octanol–water partition coefficient (Wildman–Crippen LogP) is 3.75. The molecule has 7 heteroatoms. The standard InChI is InChI=1S/C21H22ClN3O3/c1-4-21(15-6-5-7-16(22)11-15)19(27)25(20(28)24-21)12-18(26)23-17-9-13(2)8-14(3)10-17/h5-11H,4,12H2,1-3H3,(H,23,26)(H,24,28)/t21-/m0/s1. The fourth-order valence-corrected chi connectivity index (χ4v) is 3.74. The SMILES string of the molecule is CC[C@@]1(c2cccc(Cl)c2)NC(=O)N(CC(=O)Nc2cc(C)cc(C)c2)C1=O. The predicted molar refractivity (Wildman–Crippen MR) is 108 cm³/mol. The van der Waals surface area contributed by atoms with Crippen molar-refractivity contribution in [2.45, 2.75) is 32.7 Å². The Kier molecular flexibility index (Phi) is 5.42. The monoisotopic (exact) mass is 399 g/mol. The number of urea groups is 1. The second kappa shape index (κ2) is 7.64. The maximum absolute atomic E-state index is 13.1. The van der Waals surface area contributed by atoms with E-state index in [4.69, 9.17) is 11.6 Å². The lowest BCUT2D eigenvalue weighted by atomic mass is 9.87. The molecule has 1 heterocycles. The molecule has 1 saturated heterocycles. The minimum Gasteiger partial charge on any atom is -0.325 e. The van der Waals surface area contributed by atoms with Crippen molar-refractivity contribution in [2.75, 3.05) is 11.9 Å². The summed E-state index contributed by atoms with van der Waals surface area (Å²) in [6.45, 7) is 5.31. The van der Waals surface area contributed by atoms with Crippen LogP contribution in [0.1, 0.15) is 30.0 Å². The largest absolute Gasteiger partial charge is 0.325 e. The van der Waals surface area contributed by atoms with Gasteiger partial charge in [0.2, 0.25) is 5.91 Å². The summed E-state index contributed by atoms with van der Waals surface area (Å²) in [6.07, 6.45) is 0.340. The molecule has 3 rings (SSSR count). The number of hydrogen-bond acceptors (Lipinski definition) is 3. The molecule has 2 aromatic carbocycles. The summed E-state index contributed by atoms with van der Waals surface area (Å²) in [6, 6.07) is 11.9. The average molecular weight is 400 g/mol. The second-order valence-corrected chi connectivity index (χ2v) is 7.45. The van der Waals surface area contributed by atoms with E-state index in [1.165, 1.54) is 0 Å². The highest BCUT2D eigenvalue weighted by Gasteiger charge is 2.51. The van der Waals surface area contributed by atoms with Crippen LogP contribution in [0, 0.1) is 13.8 Å². The molecule has 146 valence electrons. The van der Waals surface area contributed by atoms with Crippen LogP contribution < -0.4 is 10.6 Å². The van der Waals surface area contributed by atoms with E-state index in [-0.39, 0.29) is 6.54 Å². The van der Waals surface area contributed by atoms with Gasteiger partial charge >= 0.3 is 6.03 Å². The van der Waals surface area contributed by atoms with Crippen molar-refractivity contribution in [3.63, 3.8) is 0 Å². The molecule has 2 N–H and O–H groups in total. The van der Waals surface area contributed by atoms with Gasteiger partial charge in [0.05, 0.1) is 0 Å². The van der Waals surface area contributed by atoms with Crippen molar-refractivity contribution in [2.24, 2.45) is 0 Å². The Labute approximate surface area is 168 Å². The third-order valence-electron chi connectivity index (χ3n) is 4.83. The summed E-state index contributed by atoms with van der Waals surface area (Å²) in [5.41, 5.74) is 2.03. The first-order chi connectivity index (χ1) is 13.2. The minimum absolute atomic E-state index is 0.340. The molecule has 0 aliphatic carbocycles. The maximum atomic E-state index is 13.1. The normalized spacial score (nSPS) is 18.9. The summed E-state index contributed by atoms with van der Waals surface area (Å²) in [5, 5.41) is 5.97. The van der Waals surface area contributed by atoms with Crippen LogP contribution in [0.2, 0.25) is 5.02 Å². The molecular formula is C21H22ClN3O3. The van der Waals surface area contributed by atoms with Gasteiger partial charge in [-0.05, 0) is 61.2 Å². The number of carbonyl (C=O) groups is 3. The van der Waals surface area contributed by atoms with E-state index >= 15 is 0 Å². The maximum Gasteiger partial charge on any atom is 0.325 e. The number of imide groups is 1. The quantitative estimate of drug-likeness (QED) is 0.751. The van der Waals surface area contributed by atoms with Gasteiger partial charge in [-0.25, -0.2) is 4.79 Å². The molecule has 1 atom stereocenters. The van der Waals surface area contributed by atoms with E-state index in [1.54, 1.807) is 31.2 Å². The van der Waals surface area contributed by atoms with Crippen molar-refractivity contribution in [1.82, 2.24) is 10.2 Å². The van der Waals surface area contributed by atoms with Gasteiger partial charge in [0.25, 0.3) is 5.91 Å². The lowest BCUT2D eigenvalue weighted by Crippen LogP contribution is -2.44. The Hall–Kier alpha value is -2.86. The lowest BCUT2D eigenvalue weighted by Gasteiger charge is -2.26. The molecule has 28 heavy (non-hydrogen) atoms. The fraction of sp³-hybridized carbons (Fsp3) is 0.286. The Morgan fingerprint density at radius 3 is 2.43 bits per heavy atom. The van der Waals surface area contributed by atoms with E-state index in [0.717, 1.165) is 16.0 Å². The second-order valence-electron chi connectivity index (χ2n) is 7.02. The third kappa shape index (κ3) is 3.73. The van der Waals surface area contributed by atoms with E-state index in [1.807, 2.05) is 32.0 Å². The number of aryl methyl sites for hydroxylation is 2. The topological polar surface area (TPSA) is 78.5 Å². The van der Waals surface area contributed by atoms with Crippen LogP contribution in [0.4, 0.5) is 10.5 Å². The number of anilines is 1. The number of hydrogen-bond donors (Lipinski definition) is 2. The molecule has 0 unspecified atom stereocenters. The van der Waals surface area contributed by atoms with Crippen molar-refractivity contribution in [3.8, 4) is 0 Å². The number of halogens is 1. The Bertz CT molecular complexity index is 939. The van der Waals surface area contributed by atoms with E-state index in [2.05, 4.69) is 10.6 Å². The van der Waals surface area contributed by atoms with Crippen LogP contribution in [0.3, 0.4) is 0 Å². The molecule has 6 nitrogen and oxygen atoms in total. The summed E-state index contributed by atoms with van der Waals surface area (Å²) in [7, 11) is 0. The highest BCUT2D eigenvalue weighted by Crippen LogP contribution is 2.33. The first kappa shape index (κ1) is 19.9. The molecule has 2 aromatic rings. The lowest BCUT2D eigenvalue weighted by molar-refractivity contribution is -0.134. The molecule has 0 spiro atoms. The highest BCUT2D eigenvalue weighted by molar-refractivity contribution is 6.30. The fourth-order valence-electron chi connectivity index (χ4n) is 3.55. The molecule has 4 amide bonds. The molecule has 0 radical (unpaired) electrons. The van der Waals surface area contributed by atoms with Gasteiger partial charge in [-0.1, -0.05) is 36.7 Å². The highest BCUT2D eigenvalue weighted by atomic mass is 35.5.